The number of hydrogen-bond acceptors (Lipinski definition) is 6. The van der Waals surface area contributed by atoms with Crippen LogP contribution in [0.5, 0.6) is 5.88 Å². The van der Waals surface area contributed by atoms with E-state index in [0.717, 1.165) is 0 Å². The molecule has 0 aliphatic rings. The molecule has 19 heavy (non-hydrogen) atoms. The number of amides is 1. The van der Waals surface area contributed by atoms with Gasteiger partial charge in [-0.15, -0.1) is 0 Å². The Morgan fingerprint density at radius 1 is 1.37 bits per heavy atom. The van der Waals surface area contributed by atoms with Crippen molar-refractivity contribution in [2.75, 3.05) is 18.2 Å². The first-order chi connectivity index (χ1) is 9.08. The fourth-order valence-electron chi connectivity index (χ4n) is 1.41. The quantitative estimate of drug-likeness (QED) is 0.853. The number of rotatable bonds is 3. The van der Waals surface area contributed by atoms with E-state index in [0.29, 0.717) is 23.0 Å². The molecule has 98 valence electrons. The Kier molecular flexibility index (Phi) is 3.56. The zero-order chi connectivity index (χ0) is 13.8. The Balaban J connectivity index is 2.18. The molecule has 2 rings (SSSR count). The summed E-state index contributed by atoms with van der Waals surface area (Å²) in [7, 11) is 1.50. The number of aryl methyl sites for hydroxylation is 1. The lowest BCUT2D eigenvalue weighted by Gasteiger charge is -2.06. The Labute approximate surface area is 109 Å². The van der Waals surface area contributed by atoms with Gasteiger partial charge in [-0.2, -0.15) is 4.98 Å². The number of nitrogens with zero attached hydrogens (tertiary/aromatic N) is 3. The number of nitrogens with two attached hydrogens (primary N) is 1. The first-order valence-electron chi connectivity index (χ1n) is 5.51. The van der Waals surface area contributed by atoms with Crippen LogP contribution in [-0.2, 0) is 0 Å². The number of methoxy groups -OCH3 is 1. The minimum atomic E-state index is -0.361. The van der Waals surface area contributed by atoms with Crippen LogP contribution >= 0.6 is 0 Å². The molecule has 2 heterocycles. The molecule has 7 nitrogen and oxygen atoms in total. The molecule has 2 aromatic rings. The number of nitrogen functional groups attached to an aromatic ring is 1. The van der Waals surface area contributed by atoms with Crippen molar-refractivity contribution in [3.8, 4) is 5.88 Å². The van der Waals surface area contributed by atoms with Crippen LogP contribution in [0.1, 0.15) is 16.1 Å². The van der Waals surface area contributed by atoms with Crippen LogP contribution in [0.4, 0.5) is 11.8 Å². The number of pyridine rings is 1. The van der Waals surface area contributed by atoms with Gasteiger partial charge in [0.25, 0.3) is 5.91 Å². The number of carbonyl (C=O) groups is 1. The SMILES string of the molecule is COc1cc(C)nc(NC(=O)c2ccc(N)nc2)n1. The van der Waals surface area contributed by atoms with Gasteiger partial charge < -0.3 is 10.5 Å². The average molecular weight is 259 g/mol. The number of aromatic nitrogens is 3. The molecule has 0 saturated heterocycles. The predicted molar refractivity (Wildman–Crippen MR) is 69.9 cm³/mol. The Bertz CT molecular complexity index is 598. The molecule has 0 unspecified atom stereocenters. The van der Waals surface area contributed by atoms with E-state index in [-0.39, 0.29) is 11.9 Å². The average Bonchev–Trinajstić information content (AvgIpc) is 2.38. The Hall–Kier alpha value is -2.70. The molecule has 2 aromatic heterocycles. The molecule has 3 N–H and O–H groups in total. The van der Waals surface area contributed by atoms with Crippen molar-refractivity contribution in [3.63, 3.8) is 0 Å². The second-order valence-electron chi connectivity index (χ2n) is 3.80. The molecule has 1 amide bonds. The fraction of sp³-hybridized carbons (Fsp3) is 0.167. The largest absolute Gasteiger partial charge is 0.481 e. The molecule has 0 bridgehead atoms. The molecule has 0 fully saturated rings. The molecule has 7 heteroatoms. The first kappa shape index (κ1) is 12.7. The third kappa shape index (κ3) is 3.15. The van der Waals surface area contributed by atoms with Gasteiger partial charge >= 0.3 is 0 Å². The lowest BCUT2D eigenvalue weighted by molar-refractivity contribution is 0.102. The predicted octanol–water partition coefficient (Wildman–Crippen LogP) is 1.02. The molecule has 0 saturated carbocycles. The van der Waals surface area contributed by atoms with E-state index in [1.54, 1.807) is 25.1 Å². The minimum Gasteiger partial charge on any atom is -0.481 e. The van der Waals surface area contributed by atoms with Gasteiger partial charge in [0.05, 0.1) is 12.7 Å². The van der Waals surface area contributed by atoms with Crippen LogP contribution in [0.2, 0.25) is 0 Å². The molecule has 0 aliphatic carbocycles. The summed E-state index contributed by atoms with van der Waals surface area (Å²) in [5.74, 6) is 0.557. The van der Waals surface area contributed by atoms with Crippen molar-refractivity contribution >= 4 is 17.7 Å². The summed E-state index contributed by atoms with van der Waals surface area (Å²) in [5.41, 5.74) is 6.52. The first-order valence-corrected chi connectivity index (χ1v) is 5.51. The molecule has 0 aromatic carbocycles. The molecule has 0 atom stereocenters. The summed E-state index contributed by atoms with van der Waals surface area (Å²) in [6, 6.07) is 4.79. The van der Waals surface area contributed by atoms with Crippen LogP contribution in [-0.4, -0.2) is 28.0 Å². The highest BCUT2D eigenvalue weighted by Gasteiger charge is 2.09. The van der Waals surface area contributed by atoms with E-state index in [2.05, 4.69) is 20.3 Å². The van der Waals surface area contributed by atoms with Crippen molar-refractivity contribution < 1.29 is 9.53 Å². The highest BCUT2D eigenvalue weighted by Crippen LogP contribution is 2.12. The summed E-state index contributed by atoms with van der Waals surface area (Å²) >= 11 is 0. The van der Waals surface area contributed by atoms with Gasteiger partial charge in [0.1, 0.15) is 5.82 Å². The second kappa shape index (κ2) is 5.30. The third-order valence-electron chi connectivity index (χ3n) is 2.31. The smallest absolute Gasteiger partial charge is 0.259 e. The van der Waals surface area contributed by atoms with Crippen LogP contribution < -0.4 is 15.8 Å². The van der Waals surface area contributed by atoms with Crippen LogP contribution in [0, 0.1) is 6.92 Å². The van der Waals surface area contributed by atoms with E-state index in [4.69, 9.17) is 10.5 Å². The molecule has 0 spiro atoms. The van der Waals surface area contributed by atoms with Gasteiger partial charge in [0, 0.05) is 18.0 Å². The number of nitrogens with one attached hydrogen (secondary N) is 1. The van der Waals surface area contributed by atoms with Crippen LogP contribution in [0.25, 0.3) is 0 Å². The van der Waals surface area contributed by atoms with Crippen molar-refractivity contribution in [2.24, 2.45) is 0 Å². The molecule has 0 radical (unpaired) electrons. The standard InChI is InChI=1S/C12H13N5O2/c1-7-5-10(19-2)16-12(15-7)17-11(18)8-3-4-9(13)14-6-8/h3-6H,1-2H3,(H2,13,14)(H,15,16,17,18). The monoisotopic (exact) mass is 259 g/mol. The van der Waals surface area contributed by atoms with E-state index in [9.17, 15) is 4.79 Å². The van der Waals surface area contributed by atoms with Gasteiger partial charge in [-0.1, -0.05) is 0 Å². The van der Waals surface area contributed by atoms with Gasteiger partial charge in [-0.05, 0) is 19.1 Å². The minimum absolute atomic E-state index is 0.179. The number of ether oxygens (including phenoxy) is 1. The van der Waals surface area contributed by atoms with Crippen molar-refractivity contribution in [1.29, 1.82) is 0 Å². The maximum Gasteiger partial charge on any atom is 0.259 e. The van der Waals surface area contributed by atoms with Gasteiger partial charge in [0.15, 0.2) is 0 Å². The molecular formula is C12H13N5O2. The lowest BCUT2D eigenvalue weighted by atomic mass is 10.2. The molecule has 0 aliphatic heterocycles. The highest BCUT2D eigenvalue weighted by atomic mass is 16.5. The van der Waals surface area contributed by atoms with Crippen molar-refractivity contribution in [2.45, 2.75) is 6.92 Å². The van der Waals surface area contributed by atoms with Crippen LogP contribution in [0.3, 0.4) is 0 Å². The maximum absolute atomic E-state index is 11.9. The summed E-state index contributed by atoms with van der Waals surface area (Å²) in [5, 5.41) is 2.57. The number of carbonyl (C=O) groups excluding carboxylic acids is 1. The van der Waals surface area contributed by atoms with E-state index in [1.807, 2.05) is 0 Å². The number of hydrogen-bond donors (Lipinski definition) is 2. The zero-order valence-corrected chi connectivity index (χ0v) is 10.5. The topological polar surface area (TPSA) is 103 Å². The summed E-state index contributed by atoms with van der Waals surface area (Å²) in [6.45, 7) is 1.78. The highest BCUT2D eigenvalue weighted by molar-refractivity contribution is 6.03. The fourth-order valence-corrected chi connectivity index (χ4v) is 1.41. The Morgan fingerprint density at radius 3 is 2.79 bits per heavy atom. The summed E-state index contributed by atoms with van der Waals surface area (Å²) in [6.07, 6.45) is 1.39. The lowest BCUT2D eigenvalue weighted by Crippen LogP contribution is -2.15. The molecular weight excluding hydrogens is 246 g/mol. The van der Waals surface area contributed by atoms with E-state index < -0.39 is 0 Å². The van der Waals surface area contributed by atoms with Crippen LogP contribution in [0.15, 0.2) is 24.4 Å². The maximum atomic E-state index is 11.9. The second-order valence-corrected chi connectivity index (χ2v) is 3.80. The van der Waals surface area contributed by atoms with Gasteiger partial charge in [-0.3, -0.25) is 10.1 Å². The normalized spacial score (nSPS) is 10.0. The van der Waals surface area contributed by atoms with Crippen molar-refractivity contribution in [3.05, 3.63) is 35.7 Å². The van der Waals surface area contributed by atoms with Crippen molar-refractivity contribution in [1.82, 2.24) is 15.0 Å². The zero-order valence-electron chi connectivity index (χ0n) is 10.5. The number of anilines is 2. The third-order valence-corrected chi connectivity index (χ3v) is 2.31. The van der Waals surface area contributed by atoms with E-state index in [1.165, 1.54) is 13.3 Å². The Morgan fingerprint density at radius 2 is 2.16 bits per heavy atom. The van der Waals surface area contributed by atoms with E-state index >= 15 is 0 Å². The summed E-state index contributed by atoms with van der Waals surface area (Å²) in [4.78, 5) is 23.9. The summed E-state index contributed by atoms with van der Waals surface area (Å²) < 4.78 is 5.01. The van der Waals surface area contributed by atoms with Gasteiger partial charge in [-0.25, -0.2) is 9.97 Å². The van der Waals surface area contributed by atoms with Gasteiger partial charge in [0.2, 0.25) is 11.8 Å².